The van der Waals surface area contributed by atoms with Gasteiger partial charge in [0, 0.05) is 23.1 Å². The Morgan fingerprint density at radius 3 is 2.68 bits per heavy atom. The maximum atomic E-state index is 12.9. The Kier molecular flexibility index (Phi) is 5.95. The first kappa shape index (κ1) is 20.2. The quantitative estimate of drug-likeness (QED) is 0.539. The Morgan fingerprint density at radius 1 is 1.39 bits per heavy atom. The highest BCUT2D eigenvalue weighted by molar-refractivity contribution is 7.15. The summed E-state index contributed by atoms with van der Waals surface area (Å²) in [6.45, 7) is 4.05. The second kappa shape index (κ2) is 8.24. The van der Waals surface area contributed by atoms with Gasteiger partial charge < -0.3 is 10.2 Å². The molecule has 148 valence electrons. The molecule has 0 atom stereocenters. The number of nitrogens with zero attached hydrogens (tertiary/aromatic N) is 3. The summed E-state index contributed by atoms with van der Waals surface area (Å²) < 4.78 is 0. The number of hydrogen-bond donors (Lipinski definition) is 1. The largest absolute Gasteiger partial charge is 0.329 e. The summed E-state index contributed by atoms with van der Waals surface area (Å²) >= 11 is 7.19. The van der Waals surface area contributed by atoms with Crippen LogP contribution in [0, 0.1) is 29.9 Å². The molecule has 0 saturated heterocycles. The number of thiazole rings is 1. The zero-order chi connectivity index (χ0) is 20.4. The molecule has 0 bridgehead atoms. The number of anilines is 1. The Morgan fingerprint density at radius 2 is 2.11 bits per heavy atom. The highest BCUT2D eigenvalue weighted by Crippen LogP contribution is 2.31. The number of hydrogen-bond acceptors (Lipinski definition) is 6. The summed E-state index contributed by atoms with van der Waals surface area (Å²) in [5.41, 5.74) is 0.641. The van der Waals surface area contributed by atoms with Crippen LogP contribution in [0.5, 0.6) is 0 Å². The lowest BCUT2D eigenvalue weighted by Crippen LogP contribution is -2.39. The van der Waals surface area contributed by atoms with Gasteiger partial charge in [-0.1, -0.05) is 11.6 Å². The van der Waals surface area contributed by atoms with Crippen LogP contribution in [0.2, 0.25) is 5.02 Å². The SMILES string of the molecule is Cc1nc(NC(=O)CN(CC2CC2)C(=O)c2ccc(Cl)c([N+](=O)[O-])c2)sc1C. The van der Waals surface area contributed by atoms with Gasteiger partial charge in [0.15, 0.2) is 5.13 Å². The molecule has 1 saturated carbocycles. The predicted octanol–water partition coefficient (Wildman–Crippen LogP) is 3.81. The third-order valence-corrected chi connectivity index (χ3v) is 5.77. The van der Waals surface area contributed by atoms with Gasteiger partial charge in [0.05, 0.1) is 10.6 Å². The Bertz CT molecular complexity index is 922. The van der Waals surface area contributed by atoms with Gasteiger partial charge in [-0.25, -0.2) is 4.98 Å². The van der Waals surface area contributed by atoms with Crippen LogP contribution in [-0.4, -0.2) is 39.7 Å². The molecule has 28 heavy (non-hydrogen) atoms. The van der Waals surface area contributed by atoms with Crippen LogP contribution in [-0.2, 0) is 4.79 Å². The van der Waals surface area contributed by atoms with Gasteiger partial charge in [-0.2, -0.15) is 0 Å². The third kappa shape index (κ3) is 4.85. The lowest BCUT2D eigenvalue weighted by Gasteiger charge is -2.22. The number of aryl methyl sites for hydroxylation is 2. The molecule has 1 aromatic heterocycles. The molecule has 10 heteroatoms. The smallest absolute Gasteiger partial charge is 0.288 e. The minimum Gasteiger partial charge on any atom is -0.329 e. The van der Waals surface area contributed by atoms with Crippen molar-refractivity contribution >= 4 is 45.6 Å². The fraction of sp³-hybridized carbons (Fsp3) is 0.389. The normalized spacial score (nSPS) is 13.2. The van der Waals surface area contributed by atoms with Crippen molar-refractivity contribution in [3.63, 3.8) is 0 Å². The van der Waals surface area contributed by atoms with Gasteiger partial charge in [0.25, 0.3) is 11.6 Å². The van der Waals surface area contributed by atoms with Crippen LogP contribution in [0.25, 0.3) is 0 Å². The molecule has 1 heterocycles. The van der Waals surface area contributed by atoms with E-state index in [-0.39, 0.29) is 28.7 Å². The van der Waals surface area contributed by atoms with E-state index in [0.717, 1.165) is 29.5 Å². The van der Waals surface area contributed by atoms with E-state index in [2.05, 4.69) is 10.3 Å². The van der Waals surface area contributed by atoms with E-state index < -0.39 is 10.8 Å². The van der Waals surface area contributed by atoms with Crippen molar-refractivity contribution in [1.82, 2.24) is 9.88 Å². The van der Waals surface area contributed by atoms with E-state index in [0.29, 0.717) is 17.6 Å². The van der Waals surface area contributed by atoms with Crippen LogP contribution in [0.3, 0.4) is 0 Å². The molecule has 3 rings (SSSR count). The van der Waals surface area contributed by atoms with Crippen molar-refractivity contribution in [2.45, 2.75) is 26.7 Å². The number of amides is 2. The predicted molar refractivity (Wildman–Crippen MR) is 107 cm³/mol. The van der Waals surface area contributed by atoms with E-state index >= 15 is 0 Å². The average molecular weight is 423 g/mol. The summed E-state index contributed by atoms with van der Waals surface area (Å²) in [4.78, 5) is 42.5. The maximum Gasteiger partial charge on any atom is 0.288 e. The fourth-order valence-corrected chi connectivity index (χ4v) is 3.68. The highest BCUT2D eigenvalue weighted by atomic mass is 35.5. The summed E-state index contributed by atoms with van der Waals surface area (Å²) in [7, 11) is 0. The van der Waals surface area contributed by atoms with Gasteiger partial charge in [-0.15, -0.1) is 11.3 Å². The van der Waals surface area contributed by atoms with Gasteiger partial charge in [-0.3, -0.25) is 19.7 Å². The second-order valence-electron chi connectivity index (χ2n) is 6.76. The number of carbonyl (C=O) groups excluding carboxylic acids is 2. The summed E-state index contributed by atoms with van der Waals surface area (Å²) in [6, 6.07) is 3.91. The standard InChI is InChI=1S/C18H19ClN4O4S/c1-10-11(2)28-18(20-10)21-16(24)9-22(8-12-3-4-12)17(25)13-5-6-14(19)15(7-13)23(26)27/h5-7,12H,3-4,8-9H2,1-2H3,(H,20,21,24). The van der Waals surface area contributed by atoms with Crippen molar-refractivity contribution in [3.8, 4) is 0 Å². The van der Waals surface area contributed by atoms with Crippen LogP contribution in [0.4, 0.5) is 10.8 Å². The van der Waals surface area contributed by atoms with Crippen molar-refractivity contribution in [2.24, 2.45) is 5.92 Å². The first-order valence-electron chi connectivity index (χ1n) is 8.71. The van der Waals surface area contributed by atoms with Gasteiger partial charge in [-0.05, 0) is 44.7 Å². The van der Waals surface area contributed by atoms with E-state index in [1.165, 1.54) is 28.4 Å². The highest BCUT2D eigenvalue weighted by Gasteiger charge is 2.29. The molecule has 0 aliphatic heterocycles. The summed E-state index contributed by atoms with van der Waals surface area (Å²) in [5, 5.41) is 14.3. The van der Waals surface area contributed by atoms with Crippen LogP contribution in [0.1, 0.15) is 33.8 Å². The first-order chi connectivity index (χ1) is 13.2. The topological polar surface area (TPSA) is 105 Å². The number of carbonyl (C=O) groups is 2. The lowest BCUT2D eigenvalue weighted by molar-refractivity contribution is -0.384. The monoisotopic (exact) mass is 422 g/mol. The number of nitro benzene ring substituents is 1. The minimum atomic E-state index is -0.635. The van der Waals surface area contributed by atoms with E-state index in [9.17, 15) is 19.7 Å². The van der Waals surface area contributed by atoms with Gasteiger partial charge >= 0.3 is 0 Å². The molecule has 1 fully saturated rings. The Balaban J connectivity index is 1.75. The van der Waals surface area contributed by atoms with Crippen LogP contribution < -0.4 is 5.32 Å². The molecule has 1 aliphatic carbocycles. The van der Waals surface area contributed by atoms with E-state index in [1.807, 2.05) is 13.8 Å². The second-order valence-corrected chi connectivity index (χ2v) is 8.37. The average Bonchev–Trinajstić information content (AvgIpc) is 3.38. The van der Waals surface area contributed by atoms with Crippen molar-refractivity contribution in [3.05, 3.63) is 49.5 Å². The minimum absolute atomic E-state index is 0.0393. The Hall–Kier alpha value is -2.52. The van der Waals surface area contributed by atoms with E-state index in [1.54, 1.807) is 0 Å². The fourth-order valence-electron chi connectivity index (χ4n) is 2.66. The van der Waals surface area contributed by atoms with Crippen molar-refractivity contribution in [1.29, 1.82) is 0 Å². The van der Waals surface area contributed by atoms with Crippen molar-refractivity contribution in [2.75, 3.05) is 18.4 Å². The van der Waals surface area contributed by atoms with Crippen LogP contribution in [0.15, 0.2) is 18.2 Å². The maximum absolute atomic E-state index is 12.9. The molecule has 1 N–H and O–H groups in total. The molecule has 2 amide bonds. The molecular formula is C18H19ClN4O4S. The Labute approximate surface area is 170 Å². The van der Waals surface area contributed by atoms with E-state index in [4.69, 9.17) is 11.6 Å². The zero-order valence-electron chi connectivity index (χ0n) is 15.4. The summed E-state index contributed by atoms with van der Waals surface area (Å²) in [6.07, 6.45) is 1.99. The van der Waals surface area contributed by atoms with Gasteiger partial charge in [0.1, 0.15) is 11.6 Å². The summed E-state index contributed by atoms with van der Waals surface area (Å²) in [5.74, 6) is -0.442. The molecule has 0 unspecified atom stereocenters. The van der Waals surface area contributed by atoms with Gasteiger partial charge in [0.2, 0.25) is 5.91 Å². The molecule has 8 nitrogen and oxygen atoms in total. The molecule has 0 spiro atoms. The number of nitro groups is 1. The number of rotatable bonds is 7. The number of halogens is 1. The number of aromatic nitrogens is 1. The lowest BCUT2D eigenvalue weighted by atomic mass is 10.1. The molecule has 0 radical (unpaired) electrons. The third-order valence-electron chi connectivity index (χ3n) is 4.46. The molecule has 2 aromatic rings. The van der Waals surface area contributed by atoms with Crippen LogP contribution >= 0.6 is 22.9 Å². The molecule has 1 aliphatic rings. The molecular weight excluding hydrogens is 404 g/mol. The molecule has 1 aromatic carbocycles. The first-order valence-corrected chi connectivity index (χ1v) is 9.91. The number of nitrogens with one attached hydrogen (secondary N) is 1. The van der Waals surface area contributed by atoms with Crippen molar-refractivity contribution < 1.29 is 14.5 Å². The number of benzene rings is 1. The zero-order valence-corrected chi connectivity index (χ0v) is 17.0.